The van der Waals surface area contributed by atoms with E-state index in [0.717, 1.165) is 62.8 Å². The lowest BCUT2D eigenvalue weighted by atomic mass is 10.2. The van der Waals surface area contributed by atoms with Gasteiger partial charge in [0.2, 0.25) is 5.89 Å². The molecule has 0 spiro atoms. The number of thioether (sulfide) groups is 1. The Labute approximate surface area is 124 Å². The molecule has 0 unspecified atom stereocenters. The lowest BCUT2D eigenvalue weighted by Crippen LogP contribution is -2.50. The fourth-order valence-corrected chi connectivity index (χ4v) is 3.35. The Balaban J connectivity index is 1.45. The molecule has 0 amide bonds. The van der Waals surface area contributed by atoms with Gasteiger partial charge in [0.1, 0.15) is 0 Å². The van der Waals surface area contributed by atoms with Gasteiger partial charge in [0, 0.05) is 38.8 Å². The highest BCUT2D eigenvalue weighted by Gasteiger charge is 2.26. The molecule has 0 aromatic carbocycles. The second-order valence-corrected chi connectivity index (χ2v) is 6.36. The third kappa shape index (κ3) is 3.52. The fourth-order valence-electron chi connectivity index (χ4n) is 2.97. The summed E-state index contributed by atoms with van der Waals surface area (Å²) < 4.78 is 5.31. The largest absolute Gasteiger partial charge is 0.338 e. The average molecular weight is 297 g/mol. The topological polar surface area (TPSA) is 57.4 Å². The summed E-state index contributed by atoms with van der Waals surface area (Å²) in [5.41, 5.74) is 0. The number of aromatic nitrogens is 2. The third-order valence-corrected chi connectivity index (χ3v) is 4.65. The predicted octanol–water partition coefficient (Wildman–Crippen LogP) is 0.412. The van der Waals surface area contributed by atoms with E-state index < -0.39 is 0 Å². The number of piperazine rings is 1. The molecule has 6 nitrogen and oxygen atoms in total. The minimum absolute atomic E-state index is 0.744. The molecule has 7 heteroatoms. The lowest BCUT2D eigenvalue weighted by molar-refractivity contribution is 0.0908. The quantitative estimate of drug-likeness (QED) is 0.845. The van der Waals surface area contributed by atoms with Gasteiger partial charge >= 0.3 is 0 Å². The zero-order valence-electron chi connectivity index (χ0n) is 12.0. The molecule has 2 fully saturated rings. The summed E-state index contributed by atoms with van der Waals surface area (Å²) in [7, 11) is 0. The van der Waals surface area contributed by atoms with E-state index in [1.807, 2.05) is 6.26 Å². The van der Waals surface area contributed by atoms with Crippen LogP contribution in [0.3, 0.4) is 0 Å². The van der Waals surface area contributed by atoms with Crippen molar-refractivity contribution < 1.29 is 4.52 Å². The monoisotopic (exact) mass is 297 g/mol. The SMILES string of the molecule is CSCc1noc(CN2CCN([C@@H]3CCNC3)CC2)n1. The van der Waals surface area contributed by atoms with Crippen LogP contribution in [0.15, 0.2) is 4.52 Å². The van der Waals surface area contributed by atoms with E-state index >= 15 is 0 Å². The second-order valence-electron chi connectivity index (χ2n) is 5.50. The first-order valence-corrected chi connectivity index (χ1v) is 8.72. The summed E-state index contributed by atoms with van der Waals surface area (Å²) in [6.45, 7) is 7.61. The standard InChI is InChI=1S/C13H23N5OS/c1-20-10-12-15-13(19-16-12)9-17-4-6-18(7-5-17)11-2-3-14-8-11/h11,14H,2-10H2,1H3/t11-/m1/s1. The zero-order chi connectivity index (χ0) is 13.8. The van der Waals surface area contributed by atoms with Gasteiger partial charge in [-0.05, 0) is 19.2 Å². The number of rotatable bonds is 5. The van der Waals surface area contributed by atoms with E-state index in [-0.39, 0.29) is 0 Å². The van der Waals surface area contributed by atoms with Crippen molar-refractivity contribution in [3.05, 3.63) is 11.7 Å². The summed E-state index contributed by atoms with van der Waals surface area (Å²) >= 11 is 1.72. The predicted molar refractivity (Wildman–Crippen MR) is 79.6 cm³/mol. The van der Waals surface area contributed by atoms with Crippen molar-refractivity contribution in [2.75, 3.05) is 45.5 Å². The van der Waals surface area contributed by atoms with Gasteiger partial charge in [0.25, 0.3) is 0 Å². The molecule has 3 heterocycles. The first kappa shape index (κ1) is 14.3. The molecule has 2 saturated heterocycles. The molecule has 112 valence electrons. The first-order valence-electron chi connectivity index (χ1n) is 7.32. The molecule has 2 aliphatic heterocycles. The van der Waals surface area contributed by atoms with Gasteiger partial charge in [0.05, 0.1) is 12.3 Å². The second kappa shape index (κ2) is 6.89. The summed E-state index contributed by atoms with van der Waals surface area (Å²) in [5.74, 6) is 2.39. The van der Waals surface area contributed by atoms with Crippen molar-refractivity contribution in [3.63, 3.8) is 0 Å². The van der Waals surface area contributed by atoms with Crippen molar-refractivity contribution >= 4 is 11.8 Å². The van der Waals surface area contributed by atoms with Crippen molar-refractivity contribution in [2.45, 2.75) is 24.8 Å². The Morgan fingerprint density at radius 1 is 1.35 bits per heavy atom. The Bertz CT molecular complexity index is 413. The first-order chi connectivity index (χ1) is 9.85. The molecule has 0 saturated carbocycles. The maximum Gasteiger partial charge on any atom is 0.240 e. The number of nitrogens with one attached hydrogen (secondary N) is 1. The highest BCUT2D eigenvalue weighted by atomic mass is 32.2. The summed E-state index contributed by atoms with van der Waals surface area (Å²) in [6.07, 6.45) is 3.34. The van der Waals surface area contributed by atoms with Crippen molar-refractivity contribution in [2.24, 2.45) is 0 Å². The Kier molecular flexibility index (Phi) is 4.93. The molecule has 2 aliphatic rings. The molecule has 1 N–H and O–H groups in total. The normalized spacial score (nSPS) is 25.4. The number of hydrogen-bond donors (Lipinski definition) is 1. The number of hydrogen-bond acceptors (Lipinski definition) is 7. The molecule has 20 heavy (non-hydrogen) atoms. The Morgan fingerprint density at radius 2 is 2.20 bits per heavy atom. The minimum atomic E-state index is 0.744. The summed E-state index contributed by atoms with van der Waals surface area (Å²) in [6, 6.07) is 0.744. The van der Waals surface area contributed by atoms with Crippen LogP contribution in [-0.4, -0.2) is 71.5 Å². The smallest absolute Gasteiger partial charge is 0.240 e. The van der Waals surface area contributed by atoms with Gasteiger partial charge in [-0.3, -0.25) is 9.80 Å². The van der Waals surface area contributed by atoms with Crippen LogP contribution in [0.4, 0.5) is 0 Å². The molecule has 1 aromatic rings. The maximum absolute atomic E-state index is 5.31. The van der Waals surface area contributed by atoms with E-state index in [1.54, 1.807) is 11.8 Å². The van der Waals surface area contributed by atoms with Crippen LogP contribution in [0.5, 0.6) is 0 Å². The molecule has 0 radical (unpaired) electrons. The van der Waals surface area contributed by atoms with Crippen LogP contribution in [0, 0.1) is 0 Å². The molecule has 0 bridgehead atoms. The molecule has 0 aliphatic carbocycles. The minimum Gasteiger partial charge on any atom is -0.338 e. The summed E-state index contributed by atoms with van der Waals surface area (Å²) in [4.78, 5) is 9.45. The maximum atomic E-state index is 5.31. The zero-order valence-corrected chi connectivity index (χ0v) is 12.9. The van der Waals surface area contributed by atoms with Crippen LogP contribution >= 0.6 is 11.8 Å². The Morgan fingerprint density at radius 3 is 2.90 bits per heavy atom. The van der Waals surface area contributed by atoms with Crippen LogP contribution in [-0.2, 0) is 12.3 Å². The molecule has 1 atom stereocenters. The average Bonchev–Trinajstić information content (AvgIpc) is 3.12. The van der Waals surface area contributed by atoms with Crippen LogP contribution in [0.25, 0.3) is 0 Å². The lowest BCUT2D eigenvalue weighted by Gasteiger charge is -2.37. The Hall–Kier alpha value is -0.630. The van der Waals surface area contributed by atoms with E-state index in [9.17, 15) is 0 Å². The number of nitrogens with zero attached hydrogens (tertiary/aromatic N) is 4. The van der Waals surface area contributed by atoms with Gasteiger partial charge in [-0.25, -0.2) is 0 Å². The van der Waals surface area contributed by atoms with Crippen LogP contribution < -0.4 is 5.32 Å². The van der Waals surface area contributed by atoms with Gasteiger partial charge in [-0.2, -0.15) is 16.7 Å². The fraction of sp³-hybridized carbons (Fsp3) is 0.846. The van der Waals surface area contributed by atoms with Crippen molar-refractivity contribution in [1.82, 2.24) is 25.3 Å². The molecular formula is C13H23N5OS. The van der Waals surface area contributed by atoms with Crippen LogP contribution in [0.2, 0.25) is 0 Å². The van der Waals surface area contributed by atoms with Crippen molar-refractivity contribution in [3.8, 4) is 0 Å². The molecule has 1 aromatic heterocycles. The van der Waals surface area contributed by atoms with Gasteiger partial charge in [-0.15, -0.1) is 0 Å². The van der Waals surface area contributed by atoms with E-state index in [0.29, 0.717) is 0 Å². The van der Waals surface area contributed by atoms with Gasteiger partial charge < -0.3 is 9.84 Å². The van der Waals surface area contributed by atoms with Crippen LogP contribution in [0.1, 0.15) is 18.1 Å². The molecular weight excluding hydrogens is 274 g/mol. The summed E-state index contributed by atoms with van der Waals surface area (Å²) in [5, 5.41) is 7.44. The third-order valence-electron chi connectivity index (χ3n) is 4.10. The van der Waals surface area contributed by atoms with Gasteiger partial charge in [0.15, 0.2) is 5.82 Å². The van der Waals surface area contributed by atoms with Gasteiger partial charge in [-0.1, -0.05) is 5.16 Å². The highest BCUT2D eigenvalue weighted by Crippen LogP contribution is 2.14. The highest BCUT2D eigenvalue weighted by molar-refractivity contribution is 7.97. The molecule has 3 rings (SSSR count). The van der Waals surface area contributed by atoms with E-state index in [4.69, 9.17) is 4.52 Å². The van der Waals surface area contributed by atoms with E-state index in [2.05, 4.69) is 25.3 Å². The van der Waals surface area contributed by atoms with Crippen molar-refractivity contribution in [1.29, 1.82) is 0 Å². The van der Waals surface area contributed by atoms with E-state index in [1.165, 1.54) is 13.0 Å².